The fraction of sp³-hybridized carbons (Fsp3) is 0.381. The van der Waals surface area contributed by atoms with Gasteiger partial charge >= 0.3 is 42.6 Å². The molecule has 1 aliphatic carbocycles. The van der Waals surface area contributed by atoms with E-state index in [4.69, 9.17) is 27.9 Å². The number of para-hydroxylation sites is 2. The van der Waals surface area contributed by atoms with E-state index in [9.17, 15) is 0 Å². The first kappa shape index (κ1) is 22.1. The van der Waals surface area contributed by atoms with Crippen molar-refractivity contribution >= 4 is 39.3 Å². The maximum atomic E-state index is 4.97. The van der Waals surface area contributed by atoms with E-state index in [0.29, 0.717) is 12.0 Å². The summed E-state index contributed by atoms with van der Waals surface area (Å²) in [7, 11) is 14.9. The second kappa shape index (κ2) is 9.35. The van der Waals surface area contributed by atoms with Gasteiger partial charge in [-0.1, -0.05) is 57.2 Å². The molecule has 5 unspecified atom stereocenters. The molecule has 1 heterocycles. The van der Waals surface area contributed by atoms with Gasteiger partial charge in [-0.05, 0) is 41.5 Å². The standard InChI is InChI=1S/C20H23N.CH3.3ClH.Ti/c1-13-14(2)19-17-11-7-8-12-18(17)21(20(19)15(13)3)16-9-5-4-6-10-16;;;;;/h4-15,19-20H,1-3H3;1H3;3*1H;/q;-1;;;;+4/p-3. The van der Waals surface area contributed by atoms with Gasteiger partial charge in [0.1, 0.15) is 0 Å². The molecule has 0 bridgehead atoms. The third-order valence-electron chi connectivity index (χ3n) is 6.02. The van der Waals surface area contributed by atoms with Gasteiger partial charge in [0.05, 0.1) is 0 Å². The quantitative estimate of drug-likeness (QED) is 0.320. The van der Waals surface area contributed by atoms with E-state index >= 15 is 0 Å². The van der Waals surface area contributed by atoms with Crippen LogP contribution < -0.4 is 4.90 Å². The normalized spacial score (nSPS) is 28.4. The van der Waals surface area contributed by atoms with E-state index < -0.39 is 14.7 Å². The molecule has 0 saturated heterocycles. The van der Waals surface area contributed by atoms with Crippen molar-refractivity contribution in [2.75, 3.05) is 4.90 Å². The van der Waals surface area contributed by atoms with Crippen molar-refractivity contribution in [3.05, 3.63) is 67.6 Å². The molecular formula is C21H26Cl3NTi. The van der Waals surface area contributed by atoms with Crippen LogP contribution >= 0.6 is 27.9 Å². The van der Waals surface area contributed by atoms with E-state index in [-0.39, 0.29) is 7.43 Å². The summed E-state index contributed by atoms with van der Waals surface area (Å²) in [5.41, 5.74) is 4.31. The molecule has 1 aliphatic heterocycles. The molecule has 2 aliphatic rings. The first-order valence-electron chi connectivity index (χ1n) is 8.70. The Hall–Kier alpha value is -0.176. The molecule has 1 saturated carbocycles. The second-order valence-corrected chi connectivity index (χ2v) is 14.8. The molecule has 2 aromatic rings. The second-order valence-electron chi connectivity index (χ2n) is 7.07. The van der Waals surface area contributed by atoms with Crippen LogP contribution in [0.15, 0.2) is 54.6 Å². The van der Waals surface area contributed by atoms with Crippen molar-refractivity contribution < 1.29 is 14.7 Å². The molecule has 0 amide bonds. The number of hydrogen-bond donors (Lipinski definition) is 0. The minimum absolute atomic E-state index is 0. The van der Waals surface area contributed by atoms with Gasteiger partial charge in [-0.3, -0.25) is 0 Å². The minimum atomic E-state index is -1.92. The van der Waals surface area contributed by atoms with Gasteiger partial charge in [0.2, 0.25) is 0 Å². The average molecular weight is 447 g/mol. The molecular weight excluding hydrogens is 420 g/mol. The van der Waals surface area contributed by atoms with Gasteiger partial charge < -0.3 is 12.3 Å². The number of anilines is 2. The van der Waals surface area contributed by atoms with Gasteiger partial charge in [0.15, 0.2) is 0 Å². The predicted molar refractivity (Wildman–Crippen MR) is 113 cm³/mol. The number of nitrogens with zero attached hydrogens (tertiary/aromatic N) is 1. The summed E-state index contributed by atoms with van der Waals surface area (Å²) < 4.78 is 0. The summed E-state index contributed by atoms with van der Waals surface area (Å²) in [6.07, 6.45) is 0. The Balaban J connectivity index is 0.000000444. The van der Waals surface area contributed by atoms with E-state index in [2.05, 4.69) is 80.3 Å². The molecule has 140 valence electrons. The van der Waals surface area contributed by atoms with Crippen LogP contribution in [0.4, 0.5) is 11.4 Å². The first-order chi connectivity index (χ1) is 11.9. The third kappa shape index (κ3) is 4.13. The van der Waals surface area contributed by atoms with E-state index in [1.165, 1.54) is 11.4 Å². The fourth-order valence-electron chi connectivity index (χ4n) is 4.67. The Morgan fingerprint density at radius 1 is 0.769 bits per heavy atom. The average Bonchev–Trinajstić information content (AvgIpc) is 3.04. The Bertz CT molecular complexity index is 707. The molecule has 4 rings (SSSR count). The van der Waals surface area contributed by atoms with Crippen LogP contribution in [-0.4, -0.2) is 6.04 Å². The topological polar surface area (TPSA) is 3.24 Å². The molecule has 5 heteroatoms. The van der Waals surface area contributed by atoms with Crippen LogP contribution in [0.2, 0.25) is 0 Å². The fourth-order valence-corrected chi connectivity index (χ4v) is 4.67. The summed E-state index contributed by atoms with van der Waals surface area (Å²) in [6, 6.07) is 20.5. The third-order valence-corrected chi connectivity index (χ3v) is 6.02. The number of rotatable bonds is 1. The van der Waals surface area contributed by atoms with Crippen molar-refractivity contribution in [2.24, 2.45) is 17.8 Å². The molecule has 0 aromatic heterocycles. The van der Waals surface area contributed by atoms with Crippen LogP contribution in [-0.2, 0) is 14.7 Å². The van der Waals surface area contributed by atoms with Crippen molar-refractivity contribution in [1.82, 2.24) is 0 Å². The number of benzene rings is 2. The Kier molecular flexibility index (Phi) is 7.95. The molecule has 0 radical (unpaired) electrons. The molecule has 1 nitrogen and oxygen atoms in total. The Morgan fingerprint density at radius 3 is 1.92 bits per heavy atom. The van der Waals surface area contributed by atoms with Gasteiger partial charge in [-0.15, -0.1) is 0 Å². The molecule has 0 spiro atoms. The van der Waals surface area contributed by atoms with E-state index in [0.717, 1.165) is 17.8 Å². The summed E-state index contributed by atoms with van der Waals surface area (Å²) in [5, 5.41) is 0. The van der Waals surface area contributed by atoms with Crippen molar-refractivity contribution in [3.8, 4) is 0 Å². The van der Waals surface area contributed by atoms with Crippen molar-refractivity contribution in [3.63, 3.8) is 0 Å². The van der Waals surface area contributed by atoms with Gasteiger partial charge in [-0.25, -0.2) is 0 Å². The van der Waals surface area contributed by atoms with Crippen LogP contribution in [0.3, 0.4) is 0 Å². The maximum absolute atomic E-state index is 4.97. The van der Waals surface area contributed by atoms with Gasteiger partial charge in [0.25, 0.3) is 0 Å². The predicted octanol–water partition coefficient (Wildman–Crippen LogP) is 7.73. The monoisotopic (exact) mass is 445 g/mol. The molecule has 5 atom stereocenters. The molecule has 2 aromatic carbocycles. The zero-order valence-corrected chi connectivity index (χ0v) is 19.5. The van der Waals surface area contributed by atoms with Crippen molar-refractivity contribution in [2.45, 2.75) is 32.7 Å². The number of hydrogen-bond acceptors (Lipinski definition) is 1. The number of fused-ring (bicyclic) bond motifs is 3. The van der Waals surface area contributed by atoms with Crippen LogP contribution in [0, 0.1) is 25.2 Å². The van der Waals surface area contributed by atoms with Crippen LogP contribution in [0.25, 0.3) is 0 Å². The Morgan fingerprint density at radius 2 is 1.31 bits per heavy atom. The van der Waals surface area contributed by atoms with E-state index in [1.54, 1.807) is 5.56 Å². The van der Waals surface area contributed by atoms with Gasteiger partial charge in [0, 0.05) is 23.3 Å². The first-order valence-corrected chi connectivity index (χ1v) is 15.1. The summed E-state index contributed by atoms with van der Waals surface area (Å²) in [5.74, 6) is 2.92. The summed E-state index contributed by atoms with van der Waals surface area (Å²) in [6.45, 7) is 7.31. The zero-order valence-electron chi connectivity index (χ0n) is 15.7. The summed E-state index contributed by atoms with van der Waals surface area (Å²) in [4.78, 5) is 2.60. The van der Waals surface area contributed by atoms with Crippen LogP contribution in [0.1, 0.15) is 32.3 Å². The SMILES string of the molecule is CC1C(C)C2c3ccccc3N(c3ccccc3)C2C1C.[CH3-].[Cl][Ti+]([Cl])[Cl]. The van der Waals surface area contributed by atoms with Crippen LogP contribution in [0.5, 0.6) is 0 Å². The van der Waals surface area contributed by atoms with E-state index in [1.807, 2.05) is 0 Å². The molecule has 26 heavy (non-hydrogen) atoms. The number of halogens is 3. The summed E-state index contributed by atoms with van der Waals surface area (Å²) >= 11 is -1.92. The zero-order chi connectivity index (χ0) is 18.1. The molecule has 1 fully saturated rings. The van der Waals surface area contributed by atoms with Crippen molar-refractivity contribution in [1.29, 1.82) is 0 Å². The Labute approximate surface area is 176 Å². The van der Waals surface area contributed by atoms with Gasteiger partial charge in [-0.2, -0.15) is 0 Å². The molecule has 0 N–H and O–H groups in total.